The van der Waals surface area contributed by atoms with Crippen molar-refractivity contribution in [2.24, 2.45) is 0 Å². The number of hydrogen-bond donors (Lipinski definition) is 1. The monoisotopic (exact) mass is 308 g/mol. The highest BCUT2D eigenvalue weighted by atomic mass is 32.2. The molecule has 3 rings (SSSR count). The molecule has 0 saturated heterocycles. The Labute approximate surface area is 131 Å². The van der Waals surface area contributed by atoms with Gasteiger partial charge in [-0.2, -0.15) is 11.8 Å². The lowest BCUT2D eigenvalue weighted by Crippen LogP contribution is -2.10. The van der Waals surface area contributed by atoms with Crippen molar-refractivity contribution < 1.29 is 0 Å². The number of thioether (sulfide) groups is 1. The van der Waals surface area contributed by atoms with Gasteiger partial charge in [0, 0.05) is 16.5 Å². The first-order valence-electron chi connectivity index (χ1n) is 8.05. The second-order valence-electron chi connectivity index (χ2n) is 6.08. The third-order valence-corrected chi connectivity index (χ3v) is 6.24. The zero-order valence-electron chi connectivity index (χ0n) is 12.1. The standard InChI is InChI=1S/C16H24N2S2/c19-16-13-9-5-2-6-10-14(13)17-15(18-16)11-20-12-7-3-1-4-8-12/h12H,1-11H2,(H,17,18,19). The van der Waals surface area contributed by atoms with Gasteiger partial charge in [-0.15, -0.1) is 0 Å². The summed E-state index contributed by atoms with van der Waals surface area (Å²) in [5.74, 6) is 2.10. The Morgan fingerprint density at radius 3 is 2.65 bits per heavy atom. The van der Waals surface area contributed by atoms with Gasteiger partial charge in [0.15, 0.2) is 0 Å². The molecule has 1 heterocycles. The lowest BCUT2D eigenvalue weighted by Gasteiger charge is -2.20. The van der Waals surface area contributed by atoms with Crippen molar-refractivity contribution in [2.75, 3.05) is 0 Å². The Hall–Kier alpha value is -0.350. The van der Waals surface area contributed by atoms with Crippen LogP contribution in [0.3, 0.4) is 0 Å². The molecule has 1 fully saturated rings. The summed E-state index contributed by atoms with van der Waals surface area (Å²) in [6.45, 7) is 0. The van der Waals surface area contributed by atoms with Crippen molar-refractivity contribution in [2.45, 2.75) is 75.2 Å². The van der Waals surface area contributed by atoms with Crippen LogP contribution in [0.4, 0.5) is 0 Å². The molecule has 1 aromatic rings. The third-order valence-electron chi connectivity index (χ3n) is 4.52. The van der Waals surface area contributed by atoms with Gasteiger partial charge in [0.2, 0.25) is 0 Å². The highest BCUT2D eigenvalue weighted by Gasteiger charge is 2.16. The molecule has 0 atom stereocenters. The molecule has 0 bridgehead atoms. The maximum absolute atomic E-state index is 5.52. The average molecular weight is 309 g/mol. The number of nitrogens with zero attached hydrogens (tertiary/aromatic N) is 1. The summed E-state index contributed by atoms with van der Waals surface area (Å²) in [5.41, 5.74) is 2.70. The van der Waals surface area contributed by atoms with Gasteiger partial charge in [0.05, 0.1) is 5.75 Å². The largest absolute Gasteiger partial charge is 0.346 e. The molecule has 20 heavy (non-hydrogen) atoms. The number of nitrogens with one attached hydrogen (secondary N) is 1. The first-order valence-corrected chi connectivity index (χ1v) is 9.51. The summed E-state index contributed by atoms with van der Waals surface area (Å²) in [6, 6.07) is 0. The van der Waals surface area contributed by atoms with E-state index in [1.807, 2.05) is 0 Å². The van der Waals surface area contributed by atoms with Crippen LogP contribution in [0.1, 0.15) is 68.4 Å². The van der Waals surface area contributed by atoms with Crippen LogP contribution in [-0.4, -0.2) is 15.2 Å². The molecular weight excluding hydrogens is 284 g/mol. The maximum Gasteiger partial charge on any atom is 0.133 e. The number of rotatable bonds is 3. The van der Waals surface area contributed by atoms with Gasteiger partial charge in [0.1, 0.15) is 10.5 Å². The Morgan fingerprint density at radius 1 is 1.05 bits per heavy atom. The van der Waals surface area contributed by atoms with Gasteiger partial charge in [-0.3, -0.25) is 0 Å². The first kappa shape index (κ1) is 14.6. The van der Waals surface area contributed by atoms with Gasteiger partial charge in [-0.1, -0.05) is 37.9 Å². The molecule has 0 amide bonds. The van der Waals surface area contributed by atoms with Crippen LogP contribution in [0.2, 0.25) is 0 Å². The van der Waals surface area contributed by atoms with Crippen molar-refractivity contribution in [3.8, 4) is 0 Å². The van der Waals surface area contributed by atoms with Crippen molar-refractivity contribution in [1.82, 2.24) is 9.97 Å². The van der Waals surface area contributed by atoms with Crippen LogP contribution in [0.25, 0.3) is 0 Å². The van der Waals surface area contributed by atoms with E-state index in [2.05, 4.69) is 21.7 Å². The van der Waals surface area contributed by atoms with Crippen LogP contribution in [-0.2, 0) is 18.6 Å². The van der Waals surface area contributed by atoms with Crippen molar-refractivity contribution >= 4 is 24.0 Å². The highest BCUT2D eigenvalue weighted by Crippen LogP contribution is 2.30. The van der Waals surface area contributed by atoms with Crippen molar-refractivity contribution in [3.63, 3.8) is 0 Å². The van der Waals surface area contributed by atoms with Gasteiger partial charge in [0.25, 0.3) is 0 Å². The van der Waals surface area contributed by atoms with Crippen LogP contribution in [0.5, 0.6) is 0 Å². The summed E-state index contributed by atoms with van der Waals surface area (Å²) in [4.78, 5) is 8.24. The minimum Gasteiger partial charge on any atom is -0.346 e. The number of aromatic amines is 1. The number of H-pyrrole nitrogens is 1. The molecule has 0 aliphatic heterocycles. The Kier molecular flexibility index (Phi) is 5.16. The molecule has 1 saturated carbocycles. The van der Waals surface area contributed by atoms with Crippen molar-refractivity contribution in [3.05, 3.63) is 21.7 Å². The van der Waals surface area contributed by atoms with Gasteiger partial charge in [-0.25, -0.2) is 4.98 Å². The summed E-state index contributed by atoms with van der Waals surface area (Å²) in [5, 5.41) is 0.839. The minimum absolute atomic E-state index is 0.839. The van der Waals surface area contributed by atoms with E-state index < -0.39 is 0 Å². The fourth-order valence-corrected chi connectivity index (χ4v) is 4.88. The fourth-order valence-electron chi connectivity index (χ4n) is 3.35. The topological polar surface area (TPSA) is 28.7 Å². The smallest absolute Gasteiger partial charge is 0.133 e. The molecular formula is C16H24N2S2. The second-order valence-corrected chi connectivity index (χ2v) is 7.75. The van der Waals surface area contributed by atoms with E-state index in [4.69, 9.17) is 12.2 Å². The van der Waals surface area contributed by atoms with E-state index in [0.29, 0.717) is 0 Å². The number of fused-ring (bicyclic) bond motifs is 1. The van der Waals surface area contributed by atoms with Crippen molar-refractivity contribution in [1.29, 1.82) is 0 Å². The molecule has 0 spiro atoms. The Balaban J connectivity index is 1.69. The summed E-state index contributed by atoms with van der Waals surface area (Å²) < 4.78 is 0.861. The average Bonchev–Trinajstić information content (AvgIpc) is 2.72. The Bertz CT molecular complexity index is 504. The van der Waals surface area contributed by atoms with E-state index in [9.17, 15) is 0 Å². The molecule has 4 heteroatoms. The van der Waals surface area contributed by atoms with Crippen LogP contribution in [0, 0.1) is 4.64 Å². The number of hydrogen-bond acceptors (Lipinski definition) is 3. The van der Waals surface area contributed by atoms with Gasteiger partial charge >= 0.3 is 0 Å². The second kappa shape index (κ2) is 7.08. The molecule has 0 radical (unpaired) electrons. The van der Waals surface area contributed by atoms with Crippen LogP contribution in [0.15, 0.2) is 0 Å². The zero-order valence-corrected chi connectivity index (χ0v) is 13.8. The third kappa shape index (κ3) is 3.64. The molecule has 0 aromatic carbocycles. The predicted octanol–water partition coefficient (Wildman–Crippen LogP) is 4.97. The summed E-state index contributed by atoms with van der Waals surface area (Å²) >= 11 is 7.59. The van der Waals surface area contributed by atoms with Gasteiger partial charge < -0.3 is 4.98 Å². The molecule has 2 aliphatic rings. The fraction of sp³-hybridized carbons (Fsp3) is 0.750. The lowest BCUT2D eigenvalue weighted by atomic mass is 10.0. The van der Waals surface area contributed by atoms with E-state index in [1.54, 1.807) is 0 Å². The summed E-state index contributed by atoms with van der Waals surface area (Å²) in [6.07, 6.45) is 13.2. The number of aryl methyl sites for hydroxylation is 1. The van der Waals surface area contributed by atoms with E-state index in [0.717, 1.165) is 34.3 Å². The van der Waals surface area contributed by atoms with E-state index >= 15 is 0 Å². The first-order chi connectivity index (χ1) is 9.83. The molecule has 0 unspecified atom stereocenters. The maximum atomic E-state index is 5.52. The van der Waals surface area contributed by atoms with Crippen LogP contribution < -0.4 is 0 Å². The molecule has 1 N–H and O–H groups in total. The van der Waals surface area contributed by atoms with Crippen LogP contribution >= 0.6 is 24.0 Å². The summed E-state index contributed by atoms with van der Waals surface area (Å²) in [7, 11) is 0. The molecule has 1 aromatic heterocycles. The number of aromatic nitrogens is 2. The Morgan fingerprint density at radius 2 is 1.80 bits per heavy atom. The van der Waals surface area contributed by atoms with E-state index in [1.165, 1.54) is 62.6 Å². The van der Waals surface area contributed by atoms with E-state index in [-0.39, 0.29) is 0 Å². The van der Waals surface area contributed by atoms with Gasteiger partial charge in [-0.05, 0) is 38.5 Å². The molecule has 2 aliphatic carbocycles. The quantitative estimate of drug-likeness (QED) is 0.631. The SMILES string of the molecule is S=c1nc(CSC2CCCCC2)[nH]c2c1CCCCC2. The predicted molar refractivity (Wildman–Crippen MR) is 88.8 cm³/mol. The normalized spacial score (nSPS) is 20.4. The molecule has 110 valence electrons. The highest BCUT2D eigenvalue weighted by molar-refractivity contribution is 7.99. The molecule has 2 nitrogen and oxygen atoms in total. The lowest BCUT2D eigenvalue weighted by molar-refractivity contribution is 0.516. The minimum atomic E-state index is 0.839. The zero-order chi connectivity index (χ0) is 13.8.